The number of rotatable bonds is 9. The van der Waals surface area contributed by atoms with Crippen LogP contribution in [0, 0.1) is 0 Å². The Morgan fingerprint density at radius 2 is 1.84 bits per heavy atom. The summed E-state index contributed by atoms with van der Waals surface area (Å²) in [5.41, 5.74) is 0.306. The largest absolute Gasteiger partial charge is 0.467 e. The van der Waals surface area contributed by atoms with Crippen LogP contribution < -0.4 is 5.32 Å². The molecule has 0 saturated heterocycles. The third-order valence-electron chi connectivity index (χ3n) is 3.68. The molecule has 0 radical (unpaired) electrons. The Morgan fingerprint density at radius 3 is 2.44 bits per heavy atom. The topological polar surface area (TPSA) is 79.6 Å². The highest BCUT2D eigenvalue weighted by Gasteiger charge is 2.23. The Kier molecular flexibility index (Phi) is 6.78. The summed E-state index contributed by atoms with van der Waals surface area (Å²) in [6.45, 7) is 5.06. The van der Waals surface area contributed by atoms with Crippen LogP contribution in [0.15, 0.2) is 52.0 Å². The van der Waals surface area contributed by atoms with Crippen molar-refractivity contribution in [1.29, 1.82) is 0 Å². The van der Waals surface area contributed by atoms with Crippen molar-refractivity contribution in [3.63, 3.8) is 0 Å². The number of nitrogens with zero attached hydrogens (tertiary/aromatic N) is 1. The van der Waals surface area contributed by atoms with Crippen molar-refractivity contribution >= 4 is 15.9 Å². The van der Waals surface area contributed by atoms with Crippen LogP contribution in [0.3, 0.4) is 0 Å². The van der Waals surface area contributed by atoms with Crippen molar-refractivity contribution in [3.05, 3.63) is 54.0 Å². The van der Waals surface area contributed by atoms with Crippen molar-refractivity contribution < 1.29 is 17.6 Å². The summed E-state index contributed by atoms with van der Waals surface area (Å²) in [6.07, 6.45) is 3.01. The molecule has 0 unspecified atom stereocenters. The Labute approximate surface area is 148 Å². The van der Waals surface area contributed by atoms with E-state index in [0.29, 0.717) is 24.4 Å². The number of hydrogen-bond donors (Lipinski definition) is 1. The van der Waals surface area contributed by atoms with E-state index in [1.165, 1.54) is 22.7 Å². The smallest absolute Gasteiger partial charge is 0.251 e. The van der Waals surface area contributed by atoms with Gasteiger partial charge in [0.1, 0.15) is 5.76 Å². The van der Waals surface area contributed by atoms with Crippen LogP contribution >= 0.6 is 0 Å². The molecule has 0 aliphatic heterocycles. The molecule has 0 bridgehead atoms. The molecule has 1 aromatic carbocycles. The zero-order valence-corrected chi connectivity index (χ0v) is 15.4. The van der Waals surface area contributed by atoms with Gasteiger partial charge in [0.05, 0.1) is 17.7 Å². The number of carbonyl (C=O) groups is 1. The fourth-order valence-corrected chi connectivity index (χ4v) is 4.15. The molecule has 0 atom stereocenters. The quantitative estimate of drug-likeness (QED) is 0.742. The van der Waals surface area contributed by atoms with E-state index in [0.717, 1.165) is 12.8 Å². The Morgan fingerprint density at radius 1 is 1.12 bits per heavy atom. The molecule has 0 saturated carbocycles. The lowest BCUT2D eigenvalue weighted by Gasteiger charge is -2.21. The average Bonchev–Trinajstić information content (AvgIpc) is 3.13. The molecule has 0 aliphatic rings. The van der Waals surface area contributed by atoms with Crippen molar-refractivity contribution in [2.75, 3.05) is 13.1 Å². The van der Waals surface area contributed by atoms with Gasteiger partial charge in [0.2, 0.25) is 10.0 Å². The van der Waals surface area contributed by atoms with Crippen LogP contribution in [0.2, 0.25) is 0 Å². The Hall–Kier alpha value is -2.12. The Balaban J connectivity index is 2.17. The van der Waals surface area contributed by atoms with Gasteiger partial charge in [-0.1, -0.05) is 19.9 Å². The lowest BCUT2D eigenvalue weighted by molar-refractivity contribution is 0.0948. The average molecular weight is 364 g/mol. The molecule has 6 nitrogen and oxygen atoms in total. The third-order valence-corrected chi connectivity index (χ3v) is 5.58. The van der Waals surface area contributed by atoms with E-state index in [9.17, 15) is 13.2 Å². The third kappa shape index (κ3) is 4.93. The first-order valence-electron chi connectivity index (χ1n) is 8.39. The fourth-order valence-electron chi connectivity index (χ4n) is 2.48. The van der Waals surface area contributed by atoms with Gasteiger partial charge in [-0.05, 0) is 43.2 Å². The monoisotopic (exact) mass is 364 g/mol. The molecular weight excluding hydrogens is 340 g/mol. The molecule has 1 amide bonds. The van der Waals surface area contributed by atoms with Gasteiger partial charge < -0.3 is 9.73 Å². The predicted molar refractivity (Wildman–Crippen MR) is 95.7 cm³/mol. The maximum absolute atomic E-state index is 12.8. The number of amides is 1. The van der Waals surface area contributed by atoms with E-state index >= 15 is 0 Å². The van der Waals surface area contributed by atoms with Gasteiger partial charge in [-0.2, -0.15) is 4.31 Å². The molecule has 2 rings (SSSR count). The van der Waals surface area contributed by atoms with E-state index < -0.39 is 10.0 Å². The summed E-state index contributed by atoms with van der Waals surface area (Å²) < 4.78 is 32.3. The van der Waals surface area contributed by atoms with E-state index in [1.54, 1.807) is 24.3 Å². The SMILES string of the molecule is CCCN(CCC)S(=O)(=O)c1cccc(C(=O)NCc2ccco2)c1. The van der Waals surface area contributed by atoms with Crippen LogP contribution in [-0.4, -0.2) is 31.7 Å². The number of carbonyl (C=O) groups excluding carboxylic acids is 1. The molecular formula is C18H24N2O4S. The van der Waals surface area contributed by atoms with Crippen LogP contribution in [-0.2, 0) is 16.6 Å². The predicted octanol–water partition coefficient (Wildman–Crippen LogP) is 3.02. The molecule has 0 spiro atoms. The number of benzene rings is 1. The van der Waals surface area contributed by atoms with E-state index in [-0.39, 0.29) is 17.3 Å². The molecule has 0 aliphatic carbocycles. The zero-order valence-electron chi connectivity index (χ0n) is 14.6. The van der Waals surface area contributed by atoms with Crippen LogP contribution in [0.5, 0.6) is 0 Å². The van der Waals surface area contributed by atoms with Gasteiger partial charge in [0.25, 0.3) is 5.91 Å². The minimum absolute atomic E-state index is 0.139. The van der Waals surface area contributed by atoms with Crippen molar-refractivity contribution in [2.45, 2.75) is 38.1 Å². The fraction of sp³-hybridized carbons (Fsp3) is 0.389. The molecule has 7 heteroatoms. The summed E-state index contributed by atoms with van der Waals surface area (Å²) in [7, 11) is -3.60. The van der Waals surface area contributed by atoms with Crippen LogP contribution in [0.1, 0.15) is 42.8 Å². The lowest BCUT2D eigenvalue weighted by Crippen LogP contribution is -2.32. The van der Waals surface area contributed by atoms with Crippen molar-refractivity contribution in [3.8, 4) is 0 Å². The highest BCUT2D eigenvalue weighted by Crippen LogP contribution is 2.18. The van der Waals surface area contributed by atoms with E-state index in [4.69, 9.17) is 4.42 Å². The van der Waals surface area contributed by atoms with Gasteiger partial charge >= 0.3 is 0 Å². The van der Waals surface area contributed by atoms with Crippen molar-refractivity contribution in [1.82, 2.24) is 9.62 Å². The van der Waals surface area contributed by atoms with E-state index in [2.05, 4.69) is 5.32 Å². The summed E-state index contributed by atoms with van der Waals surface area (Å²) in [5.74, 6) is 0.292. The first kappa shape index (κ1) is 19.2. The van der Waals surface area contributed by atoms with Gasteiger partial charge in [-0.3, -0.25) is 4.79 Å². The molecule has 1 aromatic heterocycles. The molecule has 25 heavy (non-hydrogen) atoms. The minimum atomic E-state index is -3.60. The molecule has 1 N–H and O–H groups in total. The first-order chi connectivity index (χ1) is 12.0. The summed E-state index contributed by atoms with van der Waals surface area (Å²) >= 11 is 0. The molecule has 2 aromatic rings. The minimum Gasteiger partial charge on any atom is -0.467 e. The van der Waals surface area contributed by atoms with Gasteiger partial charge in [0.15, 0.2) is 0 Å². The van der Waals surface area contributed by atoms with Crippen LogP contribution in [0.4, 0.5) is 0 Å². The number of sulfonamides is 1. The van der Waals surface area contributed by atoms with Gasteiger partial charge in [-0.25, -0.2) is 8.42 Å². The summed E-state index contributed by atoms with van der Waals surface area (Å²) in [5, 5.41) is 2.72. The second-order valence-electron chi connectivity index (χ2n) is 5.69. The van der Waals surface area contributed by atoms with E-state index in [1.807, 2.05) is 13.8 Å². The lowest BCUT2D eigenvalue weighted by atomic mass is 10.2. The second kappa shape index (κ2) is 8.82. The van der Waals surface area contributed by atoms with Gasteiger partial charge in [-0.15, -0.1) is 0 Å². The molecule has 1 heterocycles. The highest BCUT2D eigenvalue weighted by atomic mass is 32.2. The maximum Gasteiger partial charge on any atom is 0.251 e. The maximum atomic E-state index is 12.8. The van der Waals surface area contributed by atoms with Crippen LogP contribution in [0.25, 0.3) is 0 Å². The summed E-state index contributed by atoms with van der Waals surface area (Å²) in [6, 6.07) is 9.63. The second-order valence-corrected chi connectivity index (χ2v) is 7.63. The number of nitrogens with one attached hydrogen (secondary N) is 1. The Bertz CT molecular complexity index is 779. The molecule has 136 valence electrons. The summed E-state index contributed by atoms with van der Waals surface area (Å²) in [4.78, 5) is 12.4. The normalized spacial score (nSPS) is 11.6. The standard InChI is InChI=1S/C18H24N2O4S/c1-3-10-20(11-4-2)25(22,23)17-9-5-7-15(13-17)18(21)19-14-16-8-6-12-24-16/h5-9,12-13H,3-4,10-11,14H2,1-2H3,(H,19,21). The van der Waals surface area contributed by atoms with Gasteiger partial charge in [0, 0.05) is 18.7 Å². The number of furan rings is 1. The number of hydrogen-bond acceptors (Lipinski definition) is 4. The van der Waals surface area contributed by atoms with Crippen molar-refractivity contribution in [2.24, 2.45) is 0 Å². The highest BCUT2D eigenvalue weighted by molar-refractivity contribution is 7.89. The first-order valence-corrected chi connectivity index (χ1v) is 9.83. The molecule has 0 fully saturated rings. The zero-order chi connectivity index (χ0) is 18.3.